The minimum Gasteiger partial charge on any atom is -0.392 e. The molecule has 0 amide bonds. The zero-order chi connectivity index (χ0) is 13.9. The van der Waals surface area contributed by atoms with Crippen LogP contribution in [0.5, 0.6) is 0 Å². The van der Waals surface area contributed by atoms with Crippen molar-refractivity contribution in [3.05, 3.63) is 47.8 Å². The predicted molar refractivity (Wildman–Crippen MR) is 63.5 cm³/mol. The van der Waals surface area contributed by atoms with E-state index in [-0.39, 0.29) is 6.61 Å². The number of pyridine rings is 2. The van der Waals surface area contributed by atoms with E-state index in [2.05, 4.69) is 9.97 Å². The fourth-order valence-corrected chi connectivity index (χ4v) is 1.98. The van der Waals surface area contributed by atoms with Crippen LogP contribution < -0.4 is 0 Å². The second-order valence-electron chi connectivity index (χ2n) is 3.65. The van der Waals surface area contributed by atoms with E-state index >= 15 is 0 Å². The van der Waals surface area contributed by atoms with Gasteiger partial charge in [0.05, 0.1) is 12.2 Å². The van der Waals surface area contributed by atoms with E-state index in [0.29, 0.717) is 15.6 Å². The van der Waals surface area contributed by atoms with Gasteiger partial charge in [0.1, 0.15) is 10.1 Å². The lowest BCUT2D eigenvalue weighted by atomic mass is 10.3. The van der Waals surface area contributed by atoms with Crippen molar-refractivity contribution in [1.29, 1.82) is 0 Å². The van der Waals surface area contributed by atoms with Gasteiger partial charge >= 0.3 is 6.18 Å². The Balaban J connectivity index is 2.10. The molecule has 0 saturated carbocycles. The number of rotatable bonds is 3. The molecule has 0 aliphatic carbocycles. The van der Waals surface area contributed by atoms with Gasteiger partial charge in [0.25, 0.3) is 0 Å². The Hall–Kier alpha value is -1.60. The molecule has 0 aliphatic rings. The Bertz CT molecular complexity index is 540. The molecule has 2 rings (SSSR count). The summed E-state index contributed by atoms with van der Waals surface area (Å²) in [5.74, 6) is 0. The standard InChI is InChI=1S/C12H9F3N2OS/c13-12(14,15)9-2-4-11(17-6-9)19-10-3-1-8(7-18)5-16-10/h1-6,18H,7H2. The monoisotopic (exact) mass is 286 g/mol. The molecule has 100 valence electrons. The third kappa shape index (κ3) is 3.68. The summed E-state index contributed by atoms with van der Waals surface area (Å²) >= 11 is 1.15. The van der Waals surface area contributed by atoms with Gasteiger partial charge in [-0.3, -0.25) is 0 Å². The van der Waals surface area contributed by atoms with Crippen LogP contribution in [0.2, 0.25) is 0 Å². The Morgan fingerprint density at radius 3 is 2.05 bits per heavy atom. The van der Waals surface area contributed by atoms with Crippen molar-refractivity contribution in [3.63, 3.8) is 0 Å². The van der Waals surface area contributed by atoms with Gasteiger partial charge in [-0.1, -0.05) is 17.8 Å². The molecule has 19 heavy (non-hydrogen) atoms. The maximum absolute atomic E-state index is 12.3. The number of alkyl halides is 3. The molecule has 0 fully saturated rings. The minimum atomic E-state index is -4.38. The summed E-state index contributed by atoms with van der Waals surface area (Å²) in [6, 6.07) is 5.65. The van der Waals surface area contributed by atoms with E-state index in [9.17, 15) is 13.2 Å². The van der Waals surface area contributed by atoms with E-state index < -0.39 is 11.7 Å². The summed E-state index contributed by atoms with van der Waals surface area (Å²) in [5, 5.41) is 9.89. The first kappa shape index (κ1) is 13.8. The molecule has 0 atom stereocenters. The summed E-state index contributed by atoms with van der Waals surface area (Å²) in [7, 11) is 0. The highest BCUT2D eigenvalue weighted by Crippen LogP contribution is 2.30. The van der Waals surface area contributed by atoms with Crippen LogP contribution in [-0.2, 0) is 12.8 Å². The average Bonchev–Trinajstić information content (AvgIpc) is 2.39. The highest BCUT2D eigenvalue weighted by molar-refractivity contribution is 7.99. The van der Waals surface area contributed by atoms with Crippen LogP contribution in [0.3, 0.4) is 0 Å². The van der Waals surface area contributed by atoms with Crippen molar-refractivity contribution in [2.24, 2.45) is 0 Å². The zero-order valence-corrected chi connectivity index (χ0v) is 10.4. The normalized spacial score (nSPS) is 11.6. The van der Waals surface area contributed by atoms with Crippen molar-refractivity contribution in [3.8, 4) is 0 Å². The summed E-state index contributed by atoms with van der Waals surface area (Å²) in [6.07, 6.45) is -2.08. The van der Waals surface area contributed by atoms with Crippen molar-refractivity contribution in [2.45, 2.75) is 22.8 Å². The Kier molecular flexibility index (Phi) is 4.06. The molecule has 0 aliphatic heterocycles. The van der Waals surface area contributed by atoms with Crippen molar-refractivity contribution < 1.29 is 18.3 Å². The van der Waals surface area contributed by atoms with Gasteiger partial charge in [0, 0.05) is 12.4 Å². The van der Waals surface area contributed by atoms with Crippen molar-refractivity contribution in [1.82, 2.24) is 9.97 Å². The molecule has 0 unspecified atom stereocenters. The van der Waals surface area contributed by atoms with Crippen LogP contribution >= 0.6 is 11.8 Å². The number of halogens is 3. The predicted octanol–water partition coefficient (Wildman–Crippen LogP) is 3.14. The summed E-state index contributed by atoms with van der Waals surface area (Å²) in [6.45, 7) is -0.101. The number of hydrogen-bond acceptors (Lipinski definition) is 4. The summed E-state index contributed by atoms with van der Waals surface area (Å²) < 4.78 is 37.0. The van der Waals surface area contributed by atoms with Gasteiger partial charge in [-0.05, 0) is 23.8 Å². The molecule has 1 N–H and O–H groups in total. The number of aliphatic hydroxyl groups excluding tert-OH is 1. The Labute approximate surface area is 111 Å². The smallest absolute Gasteiger partial charge is 0.392 e. The lowest BCUT2D eigenvalue weighted by Gasteiger charge is -2.06. The van der Waals surface area contributed by atoms with E-state index in [1.807, 2.05) is 0 Å². The largest absolute Gasteiger partial charge is 0.417 e. The topological polar surface area (TPSA) is 46.0 Å². The van der Waals surface area contributed by atoms with Gasteiger partial charge in [0.2, 0.25) is 0 Å². The fourth-order valence-electron chi connectivity index (χ4n) is 1.28. The average molecular weight is 286 g/mol. The first-order valence-corrected chi connectivity index (χ1v) is 6.07. The van der Waals surface area contributed by atoms with Crippen LogP contribution in [0.4, 0.5) is 13.2 Å². The van der Waals surface area contributed by atoms with Gasteiger partial charge in [-0.25, -0.2) is 9.97 Å². The molecule has 7 heteroatoms. The van der Waals surface area contributed by atoms with E-state index in [4.69, 9.17) is 5.11 Å². The summed E-state index contributed by atoms with van der Waals surface area (Å²) in [4.78, 5) is 7.79. The molecular weight excluding hydrogens is 277 g/mol. The highest BCUT2D eigenvalue weighted by Gasteiger charge is 2.30. The van der Waals surface area contributed by atoms with Gasteiger partial charge in [0.15, 0.2) is 0 Å². The third-order valence-corrected chi connectivity index (χ3v) is 3.15. The molecule has 2 heterocycles. The maximum atomic E-state index is 12.3. The molecule has 0 bridgehead atoms. The number of aliphatic hydroxyl groups is 1. The van der Waals surface area contributed by atoms with Crippen LogP contribution in [-0.4, -0.2) is 15.1 Å². The maximum Gasteiger partial charge on any atom is 0.417 e. The van der Waals surface area contributed by atoms with E-state index in [1.54, 1.807) is 12.1 Å². The highest BCUT2D eigenvalue weighted by atomic mass is 32.2. The summed E-state index contributed by atoms with van der Waals surface area (Å²) in [5.41, 5.74) is -0.106. The van der Waals surface area contributed by atoms with E-state index in [1.165, 1.54) is 12.3 Å². The van der Waals surface area contributed by atoms with Gasteiger partial charge in [-0.15, -0.1) is 0 Å². The molecule has 2 aromatic heterocycles. The second kappa shape index (κ2) is 5.58. The first-order valence-electron chi connectivity index (χ1n) is 5.26. The minimum absolute atomic E-state index is 0.101. The van der Waals surface area contributed by atoms with Crippen molar-refractivity contribution in [2.75, 3.05) is 0 Å². The molecule has 2 aromatic rings. The number of aromatic nitrogens is 2. The van der Waals surface area contributed by atoms with Crippen molar-refractivity contribution >= 4 is 11.8 Å². The molecular formula is C12H9F3N2OS. The quantitative estimate of drug-likeness (QED) is 0.941. The van der Waals surface area contributed by atoms with Gasteiger partial charge in [-0.2, -0.15) is 13.2 Å². The van der Waals surface area contributed by atoms with Crippen LogP contribution in [0.15, 0.2) is 46.7 Å². The second-order valence-corrected chi connectivity index (χ2v) is 4.69. The van der Waals surface area contributed by atoms with Crippen LogP contribution in [0.25, 0.3) is 0 Å². The lowest BCUT2D eigenvalue weighted by molar-refractivity contribution is -0.137. The van der Waals surface area contributed by atoms with Gasteiger partial charge < -0.3 is 5.11 Å². The fraction of sp³-hybridized carbons (Fsp3) is 0.167. The van der Waals surface area contributed by atoms with Crippen LogP contribution in [0, 0.1) is 0 Å². The molecule has 0 spiro atoms. The molecule has 3 nitrogen and oxygen atoms in total. The Morgan fingerprint density at radius 1 is 1.00 bits per heavy atom. The van der Waals surface area contributed by atoms with E-state index in [0.717, 1.165) is 24.0 Å². The number of hydrogen-bond donors (Lipinski definition) is 1. The van der Waals surface area contributed by atoms with Crippen LogP contribution in [0.1, 0.15) is 11.1 Å². The molecule has 0 saturated heterocycles. The third-order valence-electron chi connectivity index (χ3n) is 2.25. The SMILES string of the molecule is OCc1ccc(Sc2ccc(C(F)(F)F)cn2)nc1. The number of nitrogens with zero attached hydrogens (tertiary/aromatic N) is 2. The zero-order valence-electron chi connectivity index (χ0n) is 9.55. The first-order chi connectivity index (χ1) is 8.99. The molecule has 0 radical (unpaired) electrons. The Morgan fingerprint density at radius 2 is 1.63 bits per heavy atom. The lowest BCUT2D eigenvalue weighted by Crippen LogP contribution is -2.05. The molecule has 0 aromatic carbocycles.